The minimum absolute atomic E-state index is 0.0997. The van der Waals surface area contributed by atoms with Gasteiger partial charge in [0.2, 0.25) is 0 Å². The lowest BCUT2D eigenvalue weighted by molar-refractivity contribution is -0.0443. The van der Waals surface area contributed by atoms with Crippen LogP contribution in [0, 0.1) is 23.7 Å². The summed E-state index contributed by atoms with van der Waals surface area (Å²) in [6.07, 6.45) is 9.59. The Hall–Kier alpha value is -3.75. The molecule has 2 heteroatoms. The molecule has 252 valence electrons. The van der Waals surface area contributed by atoms with Crippen LogP contribution in [0.3, 0.4) is 0 Å². The van der Waals surface area contributed by atoms with Gasteiger partial charge in [-0.05, 0) is 155 Å². The highest BCUT2D eigenvalue weighted by Crippen LogP contribution is 2.68. The molecule has 1 aliphatic heterocycles. The topological polar surface area (TPSA) is 3.24 Å². The fraction of sp³-hybridized carbons (Fsp3) is 0.375. The summed E-state index contributed by atoms with van der Waals surface area (Å²) in [6, 6.07) is 44.4. The fourth-order valence-corrected chi connectivity index (χ4v) is 13.1. The first kappa shape index (κ1) is 31.0. The second kappa shape index (κ2) is 11.1. The molecule has 1 heterocycles. The van der Waals surface area contributed by atoms with Crippen LogP contribution >= 0.6 is 11.8 Å². The summed E-state index contributed by atoms with van der Waals surface area (Å²) in [5.41, 5.74) is 13.1. The lowest BCUT2D eigenvalue weighted by atomic mass is 9.42. The van der Waals surface area contributed by atoms with Crippen LogP contribution in [-0.2, 0) is 16.2 Å². The second-order valence-corrected chi connectivity index (χ2v) is 18.8. The molecule has 4 fully saturated rings. The number of hydrogen-bond donors (Lipinski definition) is 0. The lowest BCUT2D eigenvalue weighted by Crippen LogP contribution is -2.57. The molecule has 0 saturated heterocycles. The van der Waals surface area contributed by atoms with E-state index in [1.165, 1.54) is 94.1 Å². The number of fused-ring (bicyclic) bond motifs is 3. The average molecular weight is 672 g/mol. The van der Waals surface area contributed by atoms with Gasteiger partial charge in [-0.2, -0.15) is 0 Å². The molecule has 50 heavy (non-hydrogen) atoms. The smallest absolute Gasteiger partial charge is 0.0502 e. The SMILES string of the molecule is CC1(C)CCC(C)(C)c2c(N(c3ccccc3)c3ccc(-c4ccc5c(c4)Sc4ccccc4C54C5CC6CC(C5)CC4C6)cc3)cccc21. The minimum atomic E-state index is 0.0997. The van der Waals surface area contributed by atoms with Crippen molar-refractivity contribution in [2.75, 3.05) is 4.90 Å². The predicted octanol–water partition coefficient (Wildman–Crippen LogP) is 13.4. The minimum Gasteiger partial charge on any atom is -0.310 e. The Balaban J connectivity index is 1.06. The third-order valence-corrected chi connectivity index (χ3v) is 15.1. The predicted molar refractivity (Wildman–Crippen MR) is 210 cm³/mol. The van der Waals surface area contributed by atoms with Crippen LogP contribution in [-0.4, -0.2) is 0 Å². The maximum Gasteiger partial charge on any atom is 0.0502 e. The van der Waals surface area contributed by atoms with E-state index in [4.69, 9.17) is 0 Å². The fourth-order valence-electron chi connectivity index (χ4n) is 11.8. The molecule has 5 aromatic carbocycles. The largest absolute Gasteiger partial charge is 0.310 e. The van der Waals surface area contributed by atoms with Crippen molar-refractivity contribution in [1.29, 1.82) is 0 Å². The summed E-state index contributed by atoms with van der Waals surface area (Å²) in [5.74, 6) is 3.49. The van der Waals surface area contributed by atoms with Gasteiger partial charge in [0.15, 0.2) is 0 Å². The molecular formula is C48H49NS. The molecule has 0 amide bonds. The van der Waals surface area contributed by atoms with E-state index in [2.05, 4.69) is 148 Å². The zero-order valence-electron chi connectivity index (χ0n) is 30.1. The summed E-state index contributed by atoms with van der Waals surface area (Å²) in [6.45, 7) is 9.73. The summed E-state index contributed by atoms with van der Waals surface area (Å²) < 4.78 is 0. The van der Waals surface area contributed by atoms with Gasteiger partial charge in [0.1, 0.15) is 0 Å². The van der Waals surface area contributed by atoms with Crippen molar-refractivity contribution in [2.45, 2.75) is 98.7 Å². The van der Waals surface area contributed by atoms with Gasteiger partial charge in [-0.1, -0.05) is 112 Å². The number of rotatable bonds is 4. The van der Waals surface area contributed by atoms with Crippen LogP contribution in [0.25, 0.3) is 11.1 Å². The van der Waals surface area contributed by atoms with Gasteiger partial charge in [-0.25, -0.2) is 0 Å². The van der Waals surface area contributed by atoms with Crippen LogP contribution in [0.4, 0.5) is 17.1 Å². The van der Waals surface area contributed by atoms with E-state index in [0.717, 1.165) is 23.7 Å². The number of anilines is 3. The summed E-state index contributed by atoms with van der Waals surface area (Å²) >= 11 is 2.02. The highest BCUT2D eigenvalue weighted by Gasteiger charge is 2.60. The quantitative estimate of drug-likeness (QED) is 0.187. The van der Waals surface area contributed by atoms with Crippen molar-refractivity contribution >= 4 is 28.8 Å². The Labute approximate surface area is 303 Å². The maximum absolute atomic E-state index is 2.56. The molecule has 4 bridgehead atoms. The highest BCUT2D eigenvalue weighted by molar-refractivity contribution is 7.99. The van der Waals surface area contributed by atoms with Crippen molar-refractivity contribution in [2.24, 2.45) is 23.7 Å². The molecule has 0 N–H and O–H groups in total. The van der Waals surface area contributed by atoms with E-state index in [0.29, 0.717) is 0 Å². The molecule has 6 aliphatic rings. The number of nitrogens with zero attached hydrogens (tertiary/aromatic N) is 1. The van der Waals surface area contributed by atoms with Gasteiger partial charge in [-0.3, -0.25) is 0 Å². The Morgan fingerprint density at radius 3 is 1.86 bits per heavy atom. The van der Waals surface area contributed by atoms with Crippen molar-refractivity contribution in [1.82, 2.24) is 0 Å². The lowest BCUT2D eigenvalue weighted by Gasteiger charge is -2.63. The third-order valence-electron chi connectivity index (χ3n) is 13.9. The van der Waals surface area contributed by atoms with Gasteiger partial charge < -0.3 is 4.90 Å². The standard InChI is InChI=1S/C48H49NS/c1-46(2)23-24-47(3,4)45-41(46)14-10-15-42(45)49(37-11-6-5-7-12-37)38-20-17-33(18-21-38)34-19-22-40-44(30-34)50-43-16-9-8-13-39(43)48(40)35-26-31-25-32(28-35)29-36(48)27-31/h5-22,30-32,35-36H,23-29H2,1-4H3. The first-order valence-electron chi connectivity index (χ1n) is 19.2. The summed E-state index contributed by atoms with van der Waals surface area (Å²) in [4.78, 5) is 5.49. The van der Waals surface area contributed by atoms with Crippen LogP contribution < -0.4 is 4.90 Å². The first-order chi connectivity index (χ1) is 24.2. The molecular weight excluding hydrogens is 623 g/mol. The van der Waals surface area contributed by atoms with E-state index in [1.807, 2.05) is 11.8 Å². The summed E-state index contributed by atoms with van der Waals surface area (Å²) in [7, 11) is 0. The van der Waals surface area contributed by atoms with Crippen LogP contribution in [0.2, 0.25) is 0 Å². The Morgan fingerprint density at radius 1 is 0.520 bits per heavy atom. The van der Waals surface area contributed by atoms with Crippen LogP contribution in [0.15, 0.2) is 125 Å². The second-order valence-electron chi connectivity index (χ2n) is 17.7. The zero-order chi connectivity index (χ0) is 33.8. The molecule has 5 aromatic rings. The summed E-state index contributed by atoms with van der Waals surface area (Å²) in [5, 5.41) is 0. The van der Waals surface area contributed by atoms with E-state index < -0.39 is 0 Å². The van der Waals surface area contributed by atoms with Crippen LogP contribution in [0.5, 0.6) is 0 Å². The number of hydrogen-bond acceptors (Lipinski definition) is 2. The molecule has 0 aromatic heterocycles. The van der Waals surface area contributed by atoms with Gasteiger partial charge in [0, 0.05) is 26.6 Å². The van der Waals surface area contributed by atoms with Crippen LogP contribution in [0.1, 0.15) is 94.9 Å². The number of benzene rings is 5. The normalized spacial score (nSPS) is 27.8. The molecule has 5 aliphatic carbocycles. The average Bonchev–Trinajstić information content (AvgIpc) is 3.12. The monoisotopic (exact) mass is 671 g/mol. The van der Waals surface area contributed by atoms with E-state index in [-0.39, 0.29) is 16.2 Å². The van der Waals surface area contributed by atoms with Crippen molar-refractivity contribution in [3.05, 3.63) is 138 Å². The molecule has 0 radical (unpaired) electrons. The Bertz CT molecular complexity index is 2080. The molecule has 0 atom stereocenters. The van der Waals surface area contributed by atoms with Crippen molar-refractivity contribution in [3.8, 4) is 11.1 Å². The Kier molecular flexibility index (Phi) is 6.90. The van der Waals surface area contributed by atoms with Crippen molar-refractivity contribution < 1.29 is 0 Å². The molecule has 4 saturated carbocycles. The van der Waals surface area contributed by atoms with Gasteiger partial charge in [-0.15, -0.1) is 0 Å². The van der Waals surface area contributed by atoms with E-state index >= 15 is 0 Å². The molecule has 11 rings (SSSR count). The molecule has 1 nitrogen and oxygen atoms in total. The maximum atomic E-state index is 2.56. The third kappa shape index (κ3) is 4.52. The van der Waals surface area contributed by atoms with Gasteiger partial charge in [0.05, 0.1) is 5.69 Å². The Morgan fingerprint density at radius 2 is 1.12 bits per heavy atom. The highest BCUT2D eigenvalue weighted by atomic mass is 32.2. The van der Waals surface area contributed by atoms with Gasteiger partial charge in [0.25, 0.3) is 0 Å². The van der Waals surface area contributed by atoms with E-state index in [1.54, 1.807) is 11.1 Å². The first-order valence-corrected chi connectivity index (χ1v) is 20.1. The molecule has 1 spiro atoms. The molecule has 0 unspecified atom stereocenters. The van der Waals surface area contributed by atoms with E-state index in [9.17, 15) is 0 Å². The van der Waals surface area contributed by atoms with Crippen molar-refractivity contribution in [3.63, 3.8) is 0 Å². The zero-order valence-corrected chi connectivity index (χ0v) is 30.9. The van der Waals surface area contributed by atoms with Gasteiger partial charge >= 0.3 is 0 Å². The number of para-hydroxylation sites is 1.